The Labute approximate surface area is 59.6 Å². The van der Waals surface area contributed by atoms with Crippen LogP contribution in [0.25, 0.3) is 0 Å². The molecule has 0 aromatic carbocycles. The number of hydrogen-bond donors (Lipinski definition) is 0. The zero-order valence-corrected chi connectivity index (χ0v) is 6.84. The minimum atomic E-state index is -2.35. The third kappa shape index (κ3) is 4.64. The van der Waals surface area contributed by atoms with Crippen molar-refractivity contribution < 1.29 is 18.8 Å². The summed E-state index contributed by atoms with van der Waals surface area (Å²) in [4.78, 5) is 9.19. The predicted molar refractivity (Wildman–Crippen MR) is 33.9 cm³/mol. The number of nitrogens with zero attached hydrogens (tertiary/aromatic N) is 1. The second kappa shape index (κ2) is 5.56. The third-order valence-corrected chi connectivity index (χ3v) is 1.44. The molecule has 0 amide bonds. The van der Waals surface area contributed by atoms with Crippen molar-refractivity contribution >= 4 is 7.68 Å². The average molecular weight is 167 g/mol. The molecular formula is C4H10NO4P. The number of rotatable bonds is 5. The Morgan fingerprint density at radius 1 is 1.30 bits per heavy atom. The minimum Gasteiger partial charge on any atom is -0.278 e. The molecule has 0 aliphatic rings. The standard InChI is InChI=1S/C4H10NO4P/c1-8-5(9-2)3-4-10(6)7/h3-4H2,1-2H3. The van der Waals surface area contributed by atoms with Crippen LogP contribution in [-0.2, 0) is 18.8 Å². The van der Waals surface area contributed by atoms with Gasteiger partial charge in [-0.05, 0) is 0 Å². The molecule has 0 aliphatic carbocycles. The maximum absolute atomic E-state index is 10.0. The van der Waals surface area contributed by atoms with E-state index in [0.717, 1.165) is 5.23 Å². The first-order chi connectivity index (χ1) is 4.70. The van der Waals surface area contributed by atoms with E-state index in [2.05, 4.69) is 9.68 Å². The summed E-state index contributed by atoms with van der Waals surface area (Å²) < 4.78 is 20.1. The van der Waals surface area contributed by atoms with Crippen molar-refractivity contribution in [2.45, 2.75) is 0 Å². The second-order valence-electron chi connectivity index (χ2n) is 1.48. The number of hydrogen-bond acceptors (Lipinski definition) is 5. The lowest BCUT2D eigenvalue weighted by molar-refractivity contribution is -0.339. The summed E-state index contributed by atoms with van der Waals surface area (Å²) in [5, 5.41) is 1.09. The lowest BCUT2D eigenvalue weighted by Crippen LogP contribution is -2.23. The summed E-state index contributed by atoms with van der Waals surface area (Å²) >= 11 is 0. The zero-order chi connectivity index (χ0) is 7.98. The highest BCUT2D eigenvalue weighted by molar-refractivity contribution is 7.30. The molecule has 10 heavy (non-hydrogen) atoms. The first kappa shape index (κ1) is 9.78. The predicted octanol–water partition coefficient (Wildman–Crippen LogP) is 0.584. The molecule has 0 saturated heterocycles. The largest absolute Gasteiger partial charge is 0.317 e. The quantitative estimate of drug-likeness (QED) is 0.443. The highest BCUT2D eigenvalue weighted by Gasteiger charge is 2.01. The van der Waals surface area contributed by atoms with Crippen LogP contribution in [0.15, 0.2) is 0 Å². The molecule has 6 heteroatoms. The van der Waals surface area contributed by atoms with Gasteiger partial charge < -0.3 is 0 Å². The Balaban J connectivity index is 3.44. The molecule has 0 radical (unpaired) electrons. The van der Waals surface area contributed by atoms with E-state index in [-0.39, 0.29) is 12.7 Å². The van der Waals surface area contributed by atoms with Crippen molar-refractivity contribution in [2.24, 2.45) is 0 Å². The Bertz CT molecular complexity index is 134. The molecule has 0 bridgehead atoms. The summed E-state index contributed by atoms with van der Waals surface area (Å²) in [7, 11) is 0.462. The summed E-state index contributed by atoms with van der Waals surface area (Å²) in [6.45, 7) is 0.228. The monoisotopic (exact) mass is 167 g/mol. The highest BCUT2D eigenvalue weighted by atomic mass is 31.1. The van der Waals surface area contributed by atoms with Crippen LogP contribution < -0.4 is 0 Å². The fraction of sp³-hybridized carbons (Fsp3) is 1.00. The van der Waals surface area contributed by atoms with Crippen molar-refractivity contribution in [1.82, 2.24) is 5.23 Å². The Hall–Kier alpha value is -0.220. The molecule has 0 saturated carbocycles. The molecule has 0 fully saturated rings. The molecule has 0 N–H and O–H groups in total. The van der Waals surface area contributed by atoms with Gasteiger partial charge in [-0.2, -0.15) is 0 Å². The molecule has 0 unspecified atom stereocenters. The van der Waals surface area contributed by atoms with Gasteiger partial charge in [0.2, 0.25) is 0 Å². The van der Waals surface area contributed by atoms with Crippen molar-refractivity contribution in [2.75, 3.05) is 26.9 Å². The molecule has 0 aromatic rings. The zero-order valence-electron chi connectivity index (χ0n) is 5.94. The van der Waals surface area contributed by atoms with E-state index in [1.165, 1.54) is 14.2 Å². The van der Waals surface area contributed by atoms with Gasteiger partial charge in [-0.1, -0.05) is 5.23 Å². The Kier molecular flexibility index (Phi) is 5.43. The number of hydroxylamine groups is 2. The molecule has 0 rings (SSSR count). The van der Waals surface area contributed by atoms with Gasteiger partial charge >= 0.3 is 7.68 Å². The second-order valence-corrected chi connectivity index (χ2v) is 2.59. The van der Waals surface area contributed by atoms with E-state index in [9.17, 15) is 9.13 Å². The van der Waals surface area contributed by atoms with Crippen LogP contribution in [0.5, 0.6) is 0 Å². The van der Waals surface area contributed by atoms with Gasteiger partial charge in [-0.3, -0.25) is 9.68 Å². The molecule has 5 nitrogen and oxygen atoms in total. The molecule has 0 aliphatic heterocycles. The van der Waals surface area contributed by atoms with E-state index in [1.807, 2.05) is 0 Å². The Morgan fingerprint density at radius 3 is 2.10 bits per heavy atom. The van der Waals surface area contributed by atoms with Crippen molar-refractivity contribution in [3.8, 4) is 0 Å². The first-order valence-electron chi connectivity index (χ1n) is 2.68. The van der Waals surface area contributed by atoms with Crippen LogP contribution in [0, 0.1) is 0 Å². The topological polar surface area (TPSA) is 55.8 Å². The lowest BCUT2D eigenvalue weighted by atomic mass is 10.8. The fourth-order valence-corrected chi connectivity index (χ4v) is 0.747. The maximum Gasteiger partial charge on any atom is 0.317 e. The third-order valence-electron chi connectivity index (χ3n) is 0.872. The van der Waals surface area contributed by atoms with E-state index >= 15 is 0 Å². The van der Waals surface area contributed by atoms with Gasteiger partial charge in [0.25, 0.3) is 0 Å². The normalized spacial score (nSPS) is 10.3. The molecule has 0 spiro atoms. The summed E-state index contributed by atoms with van der Waals surface area (Å²) in [6, 6.07) is 0. The fourth-order valence-electron chi connectivity index (χ4n) is 0.420. The van der Waals surface area contributed by atoms with E-state index < -0.39 is 7.68 Å². The molecule has 60 valence electrons. The van der Waals surface area contributed by atoms with Crippen LogP contribution in [0.3, 0.4) is 0 Å². The summed E-state index contributed by atoms with van der Waals surface area (Å²) in [5.41, 5.74) is 0. The van der Waals surface area contributed by atoms with Crippen molar-refractivity contribution in [3.05, 3.63) is 0 Å². The van der Waals surface area contributed by atoms with Crippen molar-refractivity contribution in [3.63, 3.8) is 0 Å². The molecular weight excluding hydrogens is 157 g/mol. The van der Waals surface area contributed by atoms with Crippen LogP contribution in [-0.4, -0.2) is 32.2 Å². The SMILES string of the molecule is CON(CCP(=O)=O)OC. The van der Waals surface area contributed by atoms with Gasteiger partial charge in [0.15, 0.2) is 0 Å². The molecule has 0 atom stereocenters. The molecule has 0 heterocycles. The van der Waals surface area contributed by atoms with Crippen molar-refractivity contribution in [1.29, 1.82) is 0 Å². The van der Waals surface area contributed by atoms with Gasteiger partial charge in [0.05, 0.1) is 26.9 Å². The van der Waals surface area contributed by atoms with Crippen LogP contribution in [0.4, 0.5) is 0 Å². The Morgan fingerprint density at radius 2 is 1.80 bits per heavy atom. The molecule has 0 aromatic heterocycles. The first-order valence-corrected chi connectivity index (χ1v) is 4.04. The maximum atomic E-state index is 10.0. The van der Waals surface area contributed by atoms with E-state index in [4.69, 9.17) is 0 Å². The van der Waals surface area contributed by atoms with Gasteiger partial charge in [-0.25, -0.2) is 9.13 Å². The van der Waals surface area contributed by atoms with Crippen LogP contribution in [0.2, 0.25) is 0 Å². The summed E-state index contributed by atoms with van der Waals surface area (Å²) in [6.07, 6.45) is 0.0387. The average Bonchev–Trinajstić information content (AvgIpc) is 1.90. The van der Waals surface area contributed by atoms with Crippen LogP contribution in [0.1, 0.15) is 0 Å². The van der Waals surface area contributed by atoms with Gasteiger partial charge in [0, 0.05) is 0 Å². The lowest BCUT2D eigenvalue weighted by Gasteiger charge is -2.13. The van der Waals surface area contributed by atoms with E-state index in [1.54, 1.807) is 0 Å². The highest BCUT2D eigenvalue weighted by Crippen LogP contribution is 2.02. The van der Waals surface area contributed by atoms with E-state index in [0.29, 0.717) is 0 Å². The van der Waals surface area contributed by atoms with Crippen LogP contribution >= 0.6 is 7.68 Å². The smallest absolute Gasteiger partial charge is 0.278 e. The summed E-state index contributed by atoms with van der Waals surface area (Å²) in [5.74, 6) is 0. The van der Waals surface area contributed by atoms with Gasteiger partial charge in [0.1, 0.15) is 0 Å². The minimum absolute atomic E-state index is 0.0387. The van der Waals surface area contributed by atoms with Gasteiger partial charge in [-0.15, -0.1) is 0 Å².